The Morgan fingerprint density at radius 1 is 1.19 bits per heavy atom. The molecule has 0 aliphatic heterocycles. The van der Waals surface area contributed by atoms with Crippen LogP contribution in [-0.2, 0) is 0 Å². The van der Waals surface area contributed by atoms with E-state index < -0.39 is 0 Å². The third-order valence-corrected chi connectivity index (χ3v) is 4.30. The first-order valence-electron chi connectivity index (χ1n) is 6.64. The molecule has 0 saturated carbocycles. The van der Waals surface area contributed by atoms with Crippen molar-refractivity contribution in [2.24, 2.45) is 5.73 Å². The van der Waals surface area contributed by atoms with E-state index in [-0.39, 0.29) is 18.0 Å². The molecule has 2 unspecified atom stereocenters. The summed E-state index contributed by atoms with van der Waals surface area (Å²) >= 11 is 6.77. The molecule has 0 amide bonds. The molecule has 0 spiro atoms. The summed E-state index contributed by atoms with van der Waals surface area (Å²) in [4.78, 5) is 0. The highest BCUT2D eigenvalue weighted by atomic mass is 79.9. The zero-order chi connectivity index (χ0) is 15.4. The Balaban J connectivity index is 2.33. The van der Waals surface area contributed by atoms with Crippen LogP contribution in [0.1, 0.15) is 25.0 Å². The predicted molar refractivity (Wildman–Crippen MR) is 89.9 cm³/mol. The average molecular weight is 417 g/mol. The first-order valence-corrected chi connectivity index (χ1v) is 8.22. The number of nitrogens with two attached hydrogens (primary N) is 1. The smallest absolute Gasteiger partial charge is 0.139 e. The molecule has 2 aromatic rings. The van der Waals surface area contributed by atoms with Gasteiger partial charge in [0.15, 0.2) is 0 Å². The molecule has 21 heavy (non-hydrogen) atoms. The van der Waals surface area contributed by atoms with Crippen LogP contribution in [0.3, 0.4) is 0 Å². The number of benzene rings is 2. The Labute approximate surface area is 140 Å². The minimum atomic E-state index is -0.312. The monoisotopic (exact) mass is 415 g/mol. The van der Waals surface area contributed by atoms with Crippen LogP contribution in [0.25, 0.3) is 0 Å². The van der Waals surface area contributed by atoms with E-state index >= 15 is 0 Å². The van der Waals surface area contributed by atoms with Crippen molar-refractivity contribution in [1.82, 2.24) is 0 Å². The molecule has 2 aromatic carbocycles. The standard InChI is InChI=1S/C16H16Br2FNO/c1-2-14(20)16(10-4-3-5-11(17)8-10)21-15-7-6-12(19)9-13(15)18/h3-9,14,16H,2,20H2,1H3. The van der Waals surface area contributed by atoms with Gasteiger partial charge in [-0.3, -0.25) is 0 Å². The number of halogens is 3. The Morgan fingerprint density at radius 3 is 2.57 bits per heavy atom. The Kier molecular flexibility index (Phi) is 5.79. The fourth-order valence-electron chi connectivity index (χ4n) is 2.01. The van der Waals surface area contributed by atoms with Crippen LogP contribution in [0, 0.1) is 5.82 Å². The topological polar surface area (TPSA) is 35.2 Å². The van der Waals surface area contributed by atoms with Gasteiger partial charge in [-0.25, -0.2) is 4.39 Å². The maximum absolute atomic E-state index is 13.2. The van der Waals surface area contributed by atoms with Gasteiger partial charge in [-0.2, -0.15) is 0 Å². The second kappa shape index (κ2) is 7.38. The van der Waals surface area contributed by atoms with Crippen molar-refractivity contribution >= 4 is 31.9 Å². The molecule has 0 aliphatic carbocycles. The summed E-state index contributed by atoms with van der Waals surface area (Å²) in [5.41, 5.74) is 7.18. The zero-order valence-electron chi connectivity index (χ0n) is 11.5. The quantitative estimate of drug-likeness (QED) is 0.726. The molecule has 0 aromatic heterocycles. The third kappa shape index (κ3) is 4.28. The fourth-order valence-corrected chi connectivity index (χ4v) is 2.87. The predicted octanol–water partition coefficient (Wildman–Crippen LogP) is 5.21. The number of ether oxygens (including phenoxy) is 1. The van der Waals surface area contributed by atoms with E-state index in [2.05, 4.69) is 31.9 Å². The Hall–Kier alpha value is -0.910. The summed E-state index contributed by atoms with van der Waals surface area (Å²) in [7, 11) is 0. The number of hydrogen-bond acceptors (Lipinski definition) is 2. The van der Waals surface area contributed by atoms with Gasteiger partial charge in [0.1, 0.15) is 17.7 Å². The molecule has 112 valence electrons. The van der Waals surface area contributed by atoms with Gasteiger partial charge in [0.05, 0.1) is 4.47 Å². The summed E-state index contributed by atoms with van der Waals surface area (Å²) in [6.07, 6.45) is 0.477. The van der Waals surface area contributed by atoms with Gasteiger partial charge in [-0.05, 0) is 58.2 Å². The van der Waals surface area contributed by atoms with Crippen molar-refractivity contribution in [3.8, 4) is 5.75 Å². The van der Waals surface area contributed by atoms with Crippen LogP contribution in [-0.4, -0.2) is 6.04 Å². The highest BCUT2D eigenvalue weighted by Gasteiger charge is 2.21. The molecular weight excluding hydrogens is 401 g/mol. The van der Waals surface area contributed by atoms with Crippen LogP contribution in [0.5, 0.6) is 5.75 Å². The Bertz CT molecular complexity index is 621. The van der Waals surface area contributed by atoms with E-state index in [1.54, 1.807) is 6.07 Å². The molecule has 2 N–H and O–H groups in total. The second-order valence-electron chi connectivity index (χ2n) is 4.74. The third-order valence-electron chi connectivity index (χ3n) is 3.19. The summed E-state index contributed by atoms with van der Waals surface area (Å²) in [5.74, 6) is 0.262. The average Bonchev–Trinajstić information content (AvgIpc) is 2.45. The van der Waals surface area contributed by atoms with E-state index in [9.17, 15) is 4.39 Å². The van der Waals surface area contributed by atoms with E-state index in [0.29, 0.717) is 10.2 Å². The van der Waals surface area contributed by atoms with E-state index in [1.807, 2.05) is 31.2 Å². The van der Waals surface area contributed by atoms with Crippen LogP contribution in [0.4, 0.5) is 4.39 Å². The Morgan fingerprint density at radius 2 is 1.95 bits per heavy atom. The summed E-state index contributed by atoms with van der Waals surface area (Å²) in [5, 5.41) is 0. The number of hydrogen-bond donors (Lipinski definition) is 1. The van der Waals surface area contributed by atoms with E-state index in [4.69, 9.17) is 10.5 Å². The van der Waals surface area contributed by atoms with Crippen molar-refractivity contribution in [3.63, 3.8) is 0 Å². The van der Waals surface area contributed by atoms with Crippen molar-refractivity contribution < 1.29 is 9.13 Å². The summed E-state index contributed by atoms with van der Waals surface area (Å²) in [6, 6.07) is 12.0. The molecule has 5 heteroatoms. The molecule has 0 aliphatic rings. The molecule has 2 nitrogen and oxygen atoms in total. The van der Waals surface area contributed by atoms with Gasteiger partial charge >= 0.3 is 0 Å². The minimum Gasteiger partial charge on any atom is -0.483 e. The number of rotatable bonds is 5. The van der Waals surface area contributed by atoms with Crippen molar-refractivity contribution in [2.75, 3.05) is 0 Å². The van der Waals surface area contributed by atoms with Gasteiger partial charge in [0.2, 0.25) is 0 Å². The van der Waals surface area contributed by atoms with Gasteiger partial charge in [-0.1, -0.05) is 35.0 Å². The van der Waals surface area contributed by atoms with Crippen LogP contribution >= 0.6 is 31.9 Å². The van der Waals surface area contributed by atoms with Crippen LogP contribution in [0.2, 0.25) is 0 Å². The lowest BCUT2D eigenvalue weighted by Crippen LogP contribution is -2.31. The maximum Gasteiger partial charge on any atom is 0.139 e. The van der Waals surface area contributed by atoms with Crippen LogP contribution in [0.15, 0.2) is 51.4 Å². The summed E-state index contributed by atoms with van der Waals surface area (Å²) < 4.78 is 20.7. The molecular formula is C16H16Br2FNO. The SMILES string of the molecule is CCC(N)C(Oc1ccc(F)cc1Br)c1cccc(Br)c1. The lowest BCUT2D eigenvalue weighted by molar-refractivity contribution is 0.169. The minimum absolute atomic E-state index is 0.156. The normalized spacial score (nSPS) is 13.8. The van der Waals surface area contributed by atoms with E-state index in [1.165, 1.54) is 12.1 Å². The highest BCUT2D eigenvalue weighted by Crippen LogP contribution is 2.32. The molecule has 0 heterocycles. The van der Waals surface area contributed by atoms with Crippen molar-refractivity contribution in [2.45, 2.75) is 25.5 Å². The fraction of sp³-hybridized carbons (Fsp3) is 0.250. The lowest BCUT2D eigenvalue weighted by Gasteiger charge is -2.25. The first kappa shape index (κ1) is 16.5. The molecule has 2 atom stereocenters. The van der Waals surface area contributed by atoms with Crippen molar-refractivity contribution in [3.05, 3.63) is 62.8 Å². The van der Waals surface area contributed by atoms with Crippen LogP contribution < -0.4 is 10.5 Å². The maximum atomic E-state index is 13.2. The molecule has 0 fully saturated rings. The first-order chi connectivity index (χ1) is 10.0. The largest absolute Gasteiger partial charge is 0.483 e. The summed E-state index contributed by atoms with van der Waals surface area (Å²) in [6.45, 7) is 2.01. The van der Waals surface area contributed by atoms with Gasteiger partial charge < -0.3 is 10.5 Å². The van der Waals surface area contributed by atoms with Crippen molar-refractivity contribution in [1.29, 1.82) is 0 Å². The van der Waals surface area contributed by atoms with E-state index in [0.717, 1.165) is 16.5 Å². The lowest BCUT2D eigenvalue weighted by atomic mass is 10.0. The van der Waals surface area contributed by atoms with Gasteiger partial charge in [0, 0.05) is 10.5 Å². The van der Waals surface area contributed by atoms with Gasteiger partial charge in [0.25, 0.3) is 0 Å². The molecule has 0 bridgehead atoms. The highest BCUT2D eigenvalue weighted by molar-refractivity contribution is 9.10. The molecule has 0 radical (unpaired) electrons. The second-order valence-corrected chi connectivity index (χ2v) is 6.51. The van der Waals surface area contributed by atoms with Gasteiger partial charge in [-0.15, -0.1) is 0 Å². The molecule has 2 rings (SSSR count). The zero-order valence-corrected chi connectivity index (χ0v) is 14.7. The molecule has 0 saturated heterocycles.